The molecule has 0 bridgehead atoms. The van der Waals surface area contributed by atoms with Crippen molar-refractivity contribution in [2.24, 2.45) is 17.8 Å². The summed E-state index contributed by atoms with van der Waals surface area (Å²) in [6.07, 6.45) is 12.4. The molecule has 2 rings (SSSR count). The second kappa shape index (κ2) is 8.26. The fourth-order valence-corrected chi connectivity index (χ4v) is 3.50. The van der Waals surface area contributed by atoms with Crippen LogP contribution in [-0.4, -0.2) is 19.5 Å². The topological polar surface area (TPSA) is 18.5 Å². The van der Waals surface area contributed by atoms with E-state index in [1.54, 1.807) is 0 Å². The van der Waals surface area contributed by atoms with Crippen LogP contribution in [0.15, 0.2) is 0 Å². The first-order valence-electron chi connectivity index (χ1n) is 8.56. The summed E-state index contributed by atoms with van der Waals surface area (Å²) in [6.45, 7) is 6.34. The van der Waals surface area contributed by atoms with E-state index >= 15 is 0 Å². The molecule has 2 fully saturated rings. The third-order valence-electron chi connectivity index (χ3n) is 5.06. The first-order valence-corrected chi connectivity index (χ1v) is 8.56. The molecule has 0 spiro atoms. The fraction of sp³-hybridized carbons (Fsp3) is 1.00. The van der Waals surface area contributed by atoms with Crippen molar-refractivity contribution in [1.29, 1.82) is 0 Å². The number of unbranched alkanes of at least 4 members (excludes halogenated alkanes) is 2. The Morgan fingerprint density at radius 2 is 1.53 bits per heavy atom. The molecule has 2 aliphatic rings. The van der Waals surface area contributed by atoms with Gasteiger partial charge < -0.3 is 9.47 Å². The summed E-state index contributed by atoms with van der Waals surface area (Å²) < 4.78 is 11.9. The molecule has 0 N–H and O–H groups in total. The zero-order chi connectivity index (χ0) is 13.5. The van der Waals surface area contributed by atoms with E-state index in [1.807, 2.05) is 0 Å². The van der Waals surface area contributed by atoms with Gasteiger partial charge in [-0.2, -0.15) is 0 Å². The van der Waals surface area contributed by atoms with Gasteiger partial charge in [0.05, 0.1) is 13.2 Å². The van der Waals surface area contributed by atoms with Gasteiger partial charge in [0.1, 0.15) is 0 Å². The van der Waals surface area contributed by atoms with Crippen LogP contribution >= 0.6 is 0 Å². The van der Waals surface area contributed by atoms with Crippen LogP contribution in [0.2, 0.25) is 0 Å². The molecule has 0 radical (unpaired) electrons. The zero-order valence-electron chi connectivity index (χ0n) is 12.9. The Hall–Kier alpha value is -0.0800. The van der Waals surface area contributed by atoms with Gasteiger partial charge in [-0.25, -0.2) is 0 Å². The van der Waals surface area contributed by atoms with Crippen molar-refractivity contribution in [2.75, 3.05) is 13.2 Å². The maximum atomic E-state index is 5.93. The number of rotatable bonds is 6. The molecule has 19 heavy (non-hydrogen) atoms. The molecule has 1 saturated carbocycles. The molecule has 0 amide bonds. The second-order valence-electron chi connectivity index (χ2n) is 6.59. The smallest absolute Gasteiger partial charge is 0.160 e. The van der Waals surface area contributed by atoms with Crippen molar-refractivity contribution in [3.63, 3.8) is 0 Å². The molecule has 1 aliphatic carbocycles. The number of ether oxygens (including phenoxy) is 2. The van der Waals surface area contributed by atoms with Crippen molar-refractivity contribution < 1.29 is 9.47 Å². The average Bonchev–Trinajstić information content (AvgIpc) is 2.48. The minimum atomic E-state index is 0.111. The van der Waals surface area contributed by atoms with Crippen molar-refractivity contribution >= 4 is 0 Å². The molecule has 112 valence electrons. The Balaban J connectivity index is 1.63. The predicted molar refractivity (Wildman–Crippen MR) is 79.1 cm³/mol. The Morgan fingerprint density at radius 1 is 0.842 bits per heavy atom. The van der Waals surface area contributed by atoms with Gasteiger partial charge in [0, 0.05) is 11.8 Å². The summed E-state index contributed by atoms with van der Waals surface area (Å²) in [4.78, 5) is 0. The zero-order valence-corrected chi connectivity index (χ0v) is 12.9. The van der Waals surface area contributed by atoms with Gasteiger partial charge >= 0.3 is 0 Å². The van der Waals surface area contributed by atoms with Gasteiger partial charge in [-0.1, -0.05) is 39.5 Å². The third kappa shape index (κ3) is 4.75. The van der Waals surface area contributed by atoms with E-state index < -0.39 is 0 Å². The Kier molecular flexibility index (Phi) is 6.66. The maximum Gasteiger partial charge on any atom is 0.160 e. The highest BCUT2D eigenvalue weighted by atomic mass is 16.7. The summed E-state index contributed by atoms with van der Waals surface area (Å²) >= 11 is 0. The Labute approximate surface area is 119 Å². The molecule has 0 aromatic rings. The molecule has 1 saturated heterocycles. The lowest BCUT2D eigenvalue weighted by molar-refractivity contribution is -0.229. The van der Waals surface area contributed by atoms with E-state index in [-0.39, 0.29) is 6.29 Å². The normalized spacial score (nSPS) is 36.3. The molecule has 2 nitrogen and oxygen atoms in total. The Bertz CT molecular complexity index is 225. The molecule has 0 atom stereocenters. The first-order chi connectivity index (χ1) is 9.33. The third-order valence-corrected chi connectivity index (χ3v) is 5.06. The van der Waals surface area contributed by atoms with Gasteiger partial charge in [0.2, 0.25) is 0 Å². The minimum absolute atomic E-state index is 0.111. The van der Waals surface area contributed by atoms with Gasteiger partial charge in [-0.05, 0) is 38.0 Å². The van der Waals surface area contributed by atoms with Crippen LogP contribution in [0.1, 0.15) is 71.6 Å². The summed E-state index contributed by atoms with van der Waals surface area (Å²) in [6, 6.07) is 0. The molecular formula is C17H32O2. The molecular weight excluding hydrogens is 236 g/mol. The molecule has 0 unspecified atom stereocenters. The van der Waals surface area contributed by atoms with Crippen LogP contribution in [0.3, 0.4) is 0 Å². The van der Waals surface area contributed by atoms with E-state index in [1.165, 1.54) is 57.8 Å². The molecule has 1 aliphatic heterocycles. The summed E-state index contributed by atoms with van der Waals surface area (Å²) in [5.74, 6) is 2.27. The lowest BCUT2D eigenvalue weighted by atomic mass is 9.79. The highest BCUT2D eigenvalue weighted by Gasteiger charge is 2.31. The minimum Gasteiger partial charge on any atom is -0.352 e. The van der Waals surface area contributed by atoms with E-state index in [0.717, 1.165) is 19.1 Å². The summed E-state index contributed by atoms with van der Waals surface area (Å²) in [7, 11) is 0. The highest BCUT2D eigenvalue weighted by Crippen LogP contribution is 2.36. The lowest BCUT2D eigenvalue weighted by Crippen LogP contribution is -2.38. The largest absolute Gasteiger partial charge is 0.352 e. The predicted octanol–water partition coefficient (Wildman–Crippen LogP) is 4.77. The van der Waals surface area contributed by atoms with Crippen molar-refractivity contribution in [3.8, 4) is 0 Å². The van der Waals surface area contributed by atoms with E-state index in [9.17, 15) is 0 Å². The van der Waals surface area contributed by atoms with Gasteiger partial charge in [0.15, 0.2) is 6.29 Å². The van der Waals surface area contributed by atoms with Gasteiger partial charge in [0.25, 0.3) is 0 Å². The van der Waals surface area contributed by atoms with Gasteiger partial charge in [-0.15, -0.1) is 0 Å². The van der Waals surface area contributed by atoms with Crippen LogP contribution in [0.5, 0.6) is 0 Å². The van der Waals surface area contributed by atoms with E-state index in [2.05, 4.69) is 13.8 Å². The van der Waals surface area contributed by atoms with E-state index in [4.69, 9.17) is 9.47 Å². The average molecular weight is 268 g/mol. The van der Waals surface area contributed by atoms with Crippen molar-refractivity contribution in [2.45, 2.75) is 77.9 Å². The second-order valence-corrected chi connectivity index (χ2v) is 6.59. The molecule has 0 aromatic heterocycles. The van der Waals surface area contributed by atoms with Crippen molar-refractivity contribution in [3.05, 3.63) is 0 Å². The first kappa shape index (κ1) is 15.3. The van der Waals surface area contributed by atoms with Crippen LogP contribution in [0.4, 0.5) is 0 Å². The Morgan fingerprint density at radius 3 is 2.11 bits per heavy atom. The fourth-order valence-electron chi connectivity index (χ4n) is 3.50. The highest BCUT2D eigenvalue weighted by molar-refractivity contribution is 4.76. The lowest BCUT2D eigenvalue weighted by Gasteiger charge is -2.37. The quantitative estimate of drug-likeness (QED) is 0.646. The van der Waals surface area contributed by atoms with Crippen LogP contribution in [0.25, 0.3) is 0 Å². The summed E-state index contributed by atoms with van der Waals surface area (Å²) in [5, 5.41) is 0. The maximum absolute atomic E-state index is 5.93. The molecule has 2 heteroatoms. The molecule has 1 heterocycles. The standard InChI is InChI=1S/C17H32O2/c1-3-5-6-7-15-8-10-16(11-9-15)17-18-12-14(4-2)13-19-17/h14-17H,3-13H2,1-2H3/t14-,15-,16-,17-. The van der Waals surface area contributed by atoms with Crippen molar-refractivity contribution in [1.82, 2.24) is 0 Å². The number of hydrogen-bond donors (Lipinski definition) is 0. The van der Waals surface area contributed by atoms with Gasteiger partial charge in [-0.3, -0.25) is 0 Å². The van der Waals surface area contributed by atoms with E-state index in [0.29, 0.717) is 11.8 Å². The molecule has 0 aromatic carbocycles. The van der Waals surface area contributed by atoms with Crippen LogP contribution in [0, 0.1) is 17.8 Å². The van der Waals surface area contributed by atoms with Crippen LogP contribution < -0.4 is 0 Å². The number of hydrogen-bond acceptors (Lipinski definition) is 2. The van der Waals surface area contributed by atoms with Crippen LogP contribution in [-0.2, 0) is 9.47 Å². The monoisotopic (exact) mass is 268 g/mol. The SMILES string of the molecule is CCCCC[C@H]1CC[C@H]([C@H]2OC[C@H](CC)CO2)CC1. The summed E-state index contributed by atoms with van der Waals surface area (Å²) in [5.41, 5.74) is 0.